The van der Waals surface area contributed by atoms with Gasteiger partial charge in [0.15, 0.2) is 0 Å². The number of anilines is 3. The summed E-state index contributed by atoms with van der Waals surface area (Å²) in [4.78, 5) is 10.4. The van der Waals surface area contributed by atoms with Gasteiger partial charge in [-0.3, -0.25) is 0 Å². The fourth-order valence-corrected chi connectivity index (χ4v) is 1.93. The summed E-state index contributed by atoms with van der Waals surface area (Å²) in [5.41, 5.74) is 5.63. The lowest BCUT2D eigenvalue weighted by molar-refractivity contribution is 0.238. The Hall–Kier alpha value is -1.56. The highest BCUT2D eigenvalue weighted by Crippen LogP contribution is 2.23. The van der Waals surface area contributed by atoms with Crippen LogP contribution >= 0.6 is 0 Å². The summed E-state index contributed by atoms with van der Waals surface area (Å²) in [6, 6.07) is 1.87. The van der Waals surface area contributed by atoms with Gasteiger partial charge in [0.2, 0.25) is 5.95 Å². The van der Waals surface area contributed by atoms with Gasteiger partial charge < -0.3 is 21.1 Å². The van der Waals surface area contributed by atoms with Gasteiger partial charge in [-0.15, -0.1) is 0 Å². The minimum atomic E-state index is 0.232. The first kappa shape index (κ1) is 10.9. The zero-order chi connectivity index (χ0) is 11.5. The van der Waals surface area contributed by atoms with Crippen LogP contribution < -0.4 is 16.0 Å². The van der Waals surface area contributed by atoms with Gasteiger partial charge in [-0.1, -0.05) is 0 Å². The first-order valence-corrected chi connectivity index (χ1v) is 5.41. The molecule has 1 aliphatic rings. The Balaban J connectivity index is 2.17. The lowest BCUT2D eigenvalue weighted by Gasteiger charge is -2.17. The van der Waals surface area contributed by atoms with E-state index >= 15 is 0 Å². The molecule has 0 aromatic carbocycles. The Kier molecular flexibility index (Phi) is 3.09. The molecule has 1 unspecified atom stereocenters. The first-order chi connectivity index (χ1) is 7.72. The summed E-state index contributed by atoms with van der Waals surface area (Å²) < 4.78 is 0. The molecule has 1 aromatic heterocycles. The molecule has 0 spiro atoms. The first-order valence-electron chi connectivity index (χ1n) is 5.41. The fraction of sp³-hybridized carbons (Fsp3) is 0.600. The van der Waals surface area contributed by atoms with Crippen LogP contribution in [0.3, 0.4) is 0 Å². The molecule has 1 saturated heterocycles. The maximum atomic E-state index is 9.09. The number of aliphatic hydroxyl groups excluding tert-OH is 1. The topological polar surface area (TPSA) is 87.3 Å². The van der Waals surface area contributed by atoms with Crippen LogP contribution in [0.15, 0.2) is 6.07 Å². The monoisotopic (exact) mass is 223 g/mol. The second kappa shape index (κ2) is 4.52. The predicted molar refractivity (Wildman–Crippen MR) is 63.4 cm³/mol. The molecule has 6 nitrogen and oxygen atoms in total. The van der Waals surface area contributed by atoms with E-state index < -0.39 is 0 Å². The van der Waals surface area contributed by atoms with Crippen LogP contribution in [0.2, 0.25) is 0 Å². The van der Waals surface area contributed by atoms with Crippen LogP contribution in [0.25, 0.3) is 0 Å². The molecule has 0 radical (unpaired) electrons. The van der Waals surface area contributed by atoms with E-state index in [-0.39, 0.29) is 12.6 Å². The third kappa shape index (κ3) is 2.16. The fourth-order valence-electron chi connectivity index (χ4n) is 1.93. The lowest BCUT2D eigenvalue weighted by atomic mass is 10.1. The maximum Gasteiger partial charge on any atom is 0.223 e. The van der Waals surface area contributed by atoms with Gasteiger partial charge in [0, 0.05) is 38.7 Å². The van der Waals surface area contributed by atoms with E-state index in [9.17, 15) is 0 Å². The van der Waals surface area contributed by atoms with Crippen molar-refractivity contribution in [3.63, 3.8) is 0 Å². The molecule has 2 rings (SSSR count). The number of nitrogens with zero attached hydrogens (tertiary/aromatic N) is 3. The van der Waals surface area contributed by atoms with Crippen molar-refractivity contribution in [2.75, 3.05) is 42.7 Å². The number of hydrogen-bond acceptors (Lipinski definition) is 6. The molecule has 1 aliphatic heterocycles. The summed E-state index contributed by atoms with van der Waals surface area (Å²) in [7, 11) is 1.80. The molecular formula is C10H17N5O. The number of nitrogens with two attached hydrogens (primary N) is 1. The molecule has 16 heavy (non-hydrogen) atoms. The summed E-state index contributed by atoms with van der Waals surface area (Å²) in [6.45, 7) is 1.97. The summed E-state index contributed by atoms with van der Waals surface area (Å²) in [6.07, 6.45) is 0.995. The molecule has 0 saturated carbocycles. The van der Waals surface area contributed by atoms with Crippen molar-refractivity contribution in [2.24, 2.45) is 5.92 Å². The number of hydrogen-bond donors (Lipinski definition) is 3. The third-order valence-electron chi connectivity index (χ3n) is 2.85. The van der Waals surface area contributed by atoms with Gasteiger partial charge in [0.1, 0.15) is 11.6 Å². The third-order valence-corrected chi connectivity index (χ3v) is 2.85. The minimum absolute atomic E-state index is 0.232. The standard InChI is InChI=1S/C10H17N5O/c1-12-8-4-9(14-10(11)13-8)15-3-2-7(5-15)6-16/h4,7,16H,2-3,5-6H2,1H3,(H3,11,12,13,14). The summed E-state index contributed by atoms with van der Waals surface area (Å²) >= 11 is 0. The molecule has 1 fully saturated rings. The Morgan fingerprint density at radius 2 is 2.44 bits per heavy atom. The smallest absolute Gasteiger partial charge is 0.223 e. The quantitative estimate of drug-likeness (QED) is 0.664. The van der Waals surface area contributed by atoms with Crippen molar-refractivity contribution >= 4 is 17.6 Å². The molecule has 1 atom stereocenters. The van der Waals surface area contributed by atoms with Crippen molar-refractivity contribution in [3.05, 3.63) is 6.07 Å². The predicted octanol–water partition coefficient (Wildman–Crippen LogP) is -0.0809. The molecule has 4 N–H and O–H groups in total. The SMILES string of the molecule is CNc1cc(N2CCC(CO)C2)nc(N)n1. The molecule has 0 bridgehead atoms. The van der Waals surface area contributed by atoms with Crippen molar-refractivity contribution in [3.8, 4) is 0 Å². The number of aromatic nitrogens is 2. The van der Waals surface area contributed by atoms with E-state index in [2.05, 4.69) is 20.2 Å². The van der Waals surface area contributed by atoms with Crippen LogP contribution in [0, 0.1) is 5.92 Å². The van der Waals surface area contributed by atoms with Crippen molar-refractivity contribution < 1.29 is 5.11 Å². The van der Waals surface area contributed by atoms with Crippen LogP contribution in [-0.4, -0.2) is 41.8 Å². The van der Waals surface area contributed by atoms with Gasteiger partial charge in [-0.25, -0.2) is 0 Å². The van der Waals surface area contributed by atoms with Crippen LogP contribution in [0.1, 0.15) is 6.42 Å². The molecule has 2 heterocycles. The van der Waals surface area contributed by atoms with E-state index in [4.69, 9.17) is 10.8 Å². The van der Waals surface area contributed by atoms with E-state index in [1.165, 1.54) is 0 Å². The Labute approximate surface area is 94.5 Å². The van der Waals surface area contributed by atoms with Crippen molar-refractivity contribution in [1.29, 1.82) is 0 Å². The second-order valence-electron chi connectivity index (χ2n) is 4.00. The van der Waals surface area contributed by atoms with Gasteiger partial charge >= 0.3 is 0 Å². The molecule has 0 aliphatic carbocycles. The highest BCUT2D eigenvalue weighted by atomic mass is 16.3. The van der Waals surface area contributed by atoms with Crippen molar-refractivity contribution in [1.82, 2.24) is 9.97 Å². The number of rotatable bonds is 3. The molecule has 88 valence electrons. The summed E-state index contributed by atoms with van der Waals surface area (Å²) in [5.74, 6) is 2.16. The number of nitrogen functional groups attached to an aromatic ring is 1. The zero-order valence-corrected chi connectivity index (χ0v) is 9.35. The zero-order valence-electron chi connectivity index (χ0n) is 9.35. The molecule has 1 aromatic rings. The van der Waals surface area contributed by atoms with E-state index in [1.807, 2.05) is 6.07 Å². The number of nitrogens with one attached hydrogen (secondary N) is 1. The van der Waals surface area contributed by atoms with Crippen LogP contribution in [0.5, 0.6) is 0 Å². The van der Waals surface area contributed by atoms with Crippen molar-refractivity contribution in [2.45, 2.75) is 6.42 Å². The van der Waals surface area contributed by atoms with Gasteiger partial charge in [-0.2, -0.15) is 9.97 Å². The Morgan fingerprint density at radius 1 is 1.62 bits per heavy atom. The minimum Gasteiger partial charge on any atom is -0.396 e. The average Bonchev–Trinajstić information content (AvgIpc) is 2.76. The second-order valence-corrected chi connectivity index (χ2v) is 4.00. The largest absolute Gasteiger partial charge is 0.396 e. The summed E-state index contributed by atoms with van der Waals surface area (Å²) in [5, 5.41) is 12.0. The van der Waals surface area contributed by atoms with Gasteiger partial charge in [0.05, 0.1) is 0 Å². The Bertz CT molecular complexity index is 370. The van der Waals surface area contributed by atoms with Gasteiger partial charge in [-0.05, 0) is 6.42 Å². The van der Waals surface area contributed by atoms with Crippen LogP contribution in [0.4, 0.5) is 17.6 Å². The maximum absolute atomic E-state index is 9.09. The molecule has 6 heteroatoms. The normalized spacial score (nSPS) is 20.1. The highest BCUT2D eigenvalue weighted by molar-refractivity contribution is 5.52. The highest BCUT2D eigenvalue weighted by Gasteiger charge is 2.23. The average molecular weight is 223 g/mol. The van der Waals surface area contributed by atoms with Gasteiger partial charge in [0.25, 0.3) is 0 Å². The number of aliphatic hydroxyl groups is 1. The van der Waals surface area contributed by atoms with E-state index in [1.54, 1.807) is 7.05 Å². The van der Waals surface area contributed by atoms with E-state index in [0.29, 0.717) is 5.92 Å². The molecule has 0 amide bonds. The molecular weight excluding hydrogens is 206 g/mol. The Morgan fingerprint density at radius 3 is 3.06 bits per heavy atom. The van der Waals surface area contributed by atoms with E-state index in [0.717, 1.165) is 31.1 Å². The van der Waals surface area contributed by atoms with Crippen LogP contribution in [-0.2, 0) is 0 Å². The lowest BCUT2D eigenvalue weighted by Crippen LogP contribution is -2.22.